The number of pyridine rings is 1. The van der Waals surface area contributed by atoms with Crippen LogP contribution in [0.4, 0.5) is 16.0 Å². The average Bonchev–Trinajstić information content (AvgIpc) is 3.42. The van der Waals surface area contributed by atoms with Gasteiger partial charge in [0, 0.05) is 37.0 Å². The van der Waals surface area contributed by atoms with Crippen LogP contribution in [0.3, 0.4) is 0 Å². The minimum absolute atomic E-state index is 0.270. The lowest BCUT2D eigenvalue weighted by Gasteiger charge is -2.57. The highest BCUT2D eigenvalue weighted by molar-refractivity contribution is 6.30. The van der Waals surface area contributed by atoms with Crippen molar-refractivity contribution in [3.8, 4) is 0 Å². The predicted octanol–water partition coefficient (Wildman–Crippen LogP) is 3.01. The van der Waals surface area contributed by atoms with Crippen LogP contribution in [-0.2, 0) is 0 Å². The van der Waals surface area contributed by atoms with Gasteiger partial charge in [0.15, 0.2) is 11.6 Å². The Hall–Kier alpha value is -1.95. The van der Waals surface area contributed by atoms with Crippen molar-refractivity contribution in [1.82, 2.24) is 15.0 Å². The number of piperazine rings is 1. The fraction of sp³-hybridized carbons (Fsp3) is 0.471. The highest BCUT2D eigenvalue weighted by Gasteiger charge is 2.46. The Kier molecular flexibility index (Phi) is 3.16. The molecule has 2 aromatic rings. The second-order valence-electron chi connectivity index (χ2n) is 6.89. The molecule has 0 N–H and O–H groups in total. The molecule has 2 aromatic heterocycles. The van der Waals surface area contributed by atoms with Crippen LogP contribution in [-0.4, -0.2) is 40.1 Å². The summed E-state index contributed by atoms with van der Waals surface area (Å²) in [6.07, 6.45) is 6.72. The molecule has 1 saturated carbocycles. The van der Waals surface area contributed by atoms with E-state index in [-0.39, 0.29) is 17.9 Å². The molecule has 3 saturated heterocycles. The lowest BCUT2D eigenvalue weighted by molar-refractivity contribution is 0.284. The van der Waals surface area contributed by atoms with Crippen LogP contribution in [0.25, 0.3) is 0 Å². The van der Waals surface area contributed by atoms with Gasteiger partial charge in [-0.25, -0.2) is 19.3 Å². The summed E-state index contributed by atoms with van der Waals surface area (Å²) in [6, 6.07) is 3.99. The van der Waals surface area contributed by atoms with Gasteiger partial charge in [0.05, 0.1) is 17.1 Å². The lowest BCUT2D eigenvalue weighted by atomic mass is 9.87. The molecule has 0 radical (unpaired) electrons. The lowest BCUT2D eigenvalue weighted by Crippen LogP contribution is -2.69. The van der Waals surface area contributed by atoms with Gasteiger partial charge in [-0.15, -0.1) is 0 Å². The molecular formula is C17H17ClFN5. The van der Waals surface area contributed by atoms with Crippen molar-refractivity contribution in [1.29, 1.82) is 0 Å². The summed E-state index contributed by atoms with van der Waals surface area (Å²) < 4.78 is 14.2. The number of aromatic nitrogens is 3. The first-order valence-corrected chi connectivity index (χ1v) is 8.73. The number of fused-ring (bicyclic) bond motifs is 2. The number of anilines is 2. The van der Waals surface area contributed by atoms with Crippen molar-refractivity contribution in [3.05, 3.63) is 41.2 Å². The molecule has 2 bridgehead atoms. The summed E-state index contributed by atoms with van der Waals surface area (Å²) in [4.78, 5) is 17.4. The summed E-state index contributed by atoms with van der Waals surface area (Å²) in [6.45, 7) is 1.67. The third kappa shape index (κ3) is 2.32. The van der Waals surface area contributed by atoms with E-state index in [0.717, 1.165) is 31.0 Å². The topological polar surface area (TPSA) is 45.2 Å². The van der Waals surface area contributed by atoms with Crippen LogP contribution in [0.2, 0.25) is 5.02 Å². The Morgan fingerprint density at radius 2 is 1.88 bits per heavy atom. The minimum atomic E-state index is -0.344. The van der Waals surface area contributed by atoms with E-state index in [2.05, 4.69) is 30.8 Å². The Labute approximate surface area is 144 Å². The molecule has 4 aliphatic rings. The maximum Gasteiger partial charge on any atom is 0.167 e. The van der Waals surface area contributed by atoms with E-state index in [4.69, 9.17) is 11.6 Å². The van der Waals surface area contributed by atoms with E-state index in [1.165, 1.54) is 25.1 Å². The fourth-order valence-corrected chi connectivity index (χ4v) is 4.02. The zero-order valence-electron chi connectivity index (χ0n) is 13.1. The number of hydrogen-bond acceptors (Lipinski definition) is 5. The molecule has 2 atom stereocenters. The molecule has 5 nitrogen and oxygen atoms in total. The SMILES string of the molecule is Fc1cc(Cl)cnc1N1C2CC1CN(c1cc(C3CC3)ncn1)C2. The van der Waals surface area contributed by atoms with Gasteiger partial charge in [0.1, 0.15) is 12.1 Å². The normalized spacial score (nSPS) is 25.6. The number of halogens is 2. The standard InChI is InChI=1S/C17H17ClFN5/c18-11-3-14(19)17(20-6-11)24-12-4-13(24)8-23(7-12)16-5-15(10-1-2-10)21-9-22-16/h3,5-6,9-10,12-13H,1-2,4,7-8H2. The number of hydrogen-bond donors (Lipinski definition) is 0. The third-order valence-electron chi connectivity index (χ3n) is 5.22. The van der Waals surface area contributed by atoms with Gasteiger partial charge in [-0.3, -0.25) is 0 Å². The molecule has 5 heterocycles. The van der Waals surface area contributed by atoms with Crippen LogP contribution in [0, 0.1) is 5.82 Å². The Morgan fingerprint density at radius 3 is 2.58 bits per heavy atom. The van der Waals surface area contributed by atoms with Crippen molar-refractivity contribution in [2.75, 3.05) is 22.9 Å². The Bertz CT molecular complexity index is 784. The number of piperidine rings is 1. The van der Waals surface area contributed by atoms with Gasteiger partial charge in [-0.05, 0) is 25.3 Å². The van der Waals surface area contributed by atoms with Gasteiger partial charge in [-0.1, -0.05) is 11.6 Å². The molecule has 7 heteroatoms. The molecule has 2 unspecified atom stereocenters. The highest BCUT2D eigenvalue weighted by atomic mass is 35.5. The highest BCUT2D eigenvalue weighted by Crippen LogP contribution is 2.41. The van der Waals surface area contributed by atoms with Crippen LogP contribution in [0.5, 0.6) is 0 Å². The zero-order valence-corrected chi connectivity index (χ0v) is 13.8. The first kappa shape index (κ1) is 14.4. The van der Waals surface area contributed by atoms with Crippen LogP contribution in [0.15, 0.2) is 24.7 Å². The van der Waals surface area contributed by atoms with Gasteiger partial charge < -0.3 is 9.80 Å². The van der Waals surface area contributed by atoms with Gasteiger partial charge in [-0.2, -0.15) is 0 Å². The van der Waals surface area contributed by atoms with E-state index in [0.29, 0.717) is 16.8 Å². The zero-order chi connectivity index (χ0) is 16.3. The number of nitrogens with zero attached hydrogens (tertiary/aromatic N) is 5. The summed E-state index contributed by atoms with van der Waals surface area (Å²) in [5.74, 6) is 1.69. The van der Waals surface area contributed by atoms with Crippen molar-refractivity contribution in [2.24, 2.45) is 0 Å². The van der Waals surface area contributed by atoms with Crippen LogP contribution < -0.4 is 9.80 Å². The minimum Gasteiger partial charge on any atom is -0.352 e. The second kappa shape index (κ2) is 5.28. The molecule has 3 aliphatic heterocycles. The van der Waals surface area contributed by atoms with E-state index in [1.807, 2.05) is 0 Å². The molecule has 0 aromatic carbocycles. The second-order valence-corrected chi connectivity index (χ2v) is 7.33. The van der Waals surface area contributed by atoms with Crippen molar-refractivity contribution < 1.29 is 4.39 Å². The van der Waals surface area contributed by atoms with Crippen LogP contribution in [0.1, 0.15) is 30.9 Å². The fourth-order valence-electron chi connectivity index (χ4n) is 3.88. The third-order valence-corrected chi connectivity index (χ3v) is 5.43. The first-order valence-electron chi connectivity index (χ1n) is 8.35. The largest absolute Gasteiger partial charge is 0.352 e. The summed E-state index contributed by atoms with van der Waals surface area (Å²) in [5.41, 5.74) is 1.15. The molecule has 24 heavy (non-hydrogen) atoms. The quantitative estimate of drug-likeness (QED) is 0.855. The maximum atomic E-state index is 14.2. The monoisotopic (exact) mass is 345 g/mol. The van der Waals surface area contributed by atoms with Gasteiger partial charge in [0.25, 0.3) is 0 Å². The Morgan fingerprint density at radius 1 is 1.08 bits per heavy atom. The van der Waals surface area contributed by atoms with E-state index in [1.54, 1.807) is 6.33 Å². The molecular weight excluding hydrogens is 329 g/mol. The van der Waals surface area contributed by atoms with E-state index >= 15 is 0 Å². The average molecular weight is 346 g/mol. The summed E-state index contributed by atoms with van der Waals surface area (Å²) in [7, 11) is 0. The molecule has 4 fully saturated rings. The predicted molar refractivity (Wildman–Crippen MR) is 90.1 cm³/mol. The van der Waals surface area contributed by atoms with E-state index < -0.39 is 0 Å². The first-order chi connectivity index (χ1) is 11.7. The van der Waals surface area contributed by atoms with Crippen molar-refractivity contribution >= 4 is 23.2 Å². The molecule has 1 aliphatic carbocycles. The molecule has 124 valence electrons. The molecule has 0 amide bonds. The maximum absolute atomic E-state index is 14.2. The van der Waals surface area contributed by atoms with Gasteiger partial charge >= 0.3 is 0 Å². The molecule has 0 spiro atoms. The Balaban J connectivity index is 1.36. The van der Waals surface area contributed by atoms with Crippen LogP contribution >= 0.6 is 11.6 Å². The smallest absolute Gasteiger partial charge is 0.167 e. The van der Waals surface area contributed by atoms with Crippen molar-refractivity contribution in [3.63, 3.8) is 0 Å². The number of rotatable bonds is 3. The molecule has 6 rings (SSSR count). The summed E-state index contributed by atoms with van der Waals surface area (Å²) >= 11 is 5.81. The summed E-state index contributed by atoms with van der Waals surface area (Å²) in [5, 5.41) is 0.331. The van der Waals surface area contributed by atoms with E-state index in [9.17, 15) is 4.39 Å². The van der Waals surface area contributed by atoms with Gasteiger partial charge in [0.2, 0.25) is 0 Å². The van der Waals surface area contributed by atoms with Crippen molar-refractivity contribution in [2.45, 2.75) is 37.3 Å².